The number of Topliss-reactive ketones (excluding diaryl/α,β-unsaturated/α-hetero) is 1. The highest BCUT2D eigenvalue weighted by molar-refractivity contribution is 5.89. The molecule has 0 fully saturated rings. The Morgan fingerprint density at radius 1 is 1.42 bits per heavy atom. The minimum absolute atomic E-state index is 0.774. The van der Waals surface area contributed by atoms with Gasteiger partial charge >= 0.3 is 0 Å². The normalized spacial score (nSPS) is 17.6. The van der Waals surface area contributed by atoms with E-state index < -0.39 is 30.7 Å². The number of hydrogen-bond acceptors (Lipinski definition) is 5. The number of ketones is 1. The number of rotatable bonds is 4. The third-order valence-electron chi connectivity index (χ3n) is 1.27. The number of carbonyl (C=O) groups is 1. The minimum Gasteiger partial charge on any atom is -0.394 e. The standard InChI is InChI=1S/C7H10O5/c1-2-4(9)6(11)7(12)5(10)3-8/h1,4-5,7-10,12H,3H2/t4?,5-,7+/m1/s1. The van der Waals surface area contributed by atoms with Crippen LogP contribution in [0.5, 0.6) is 0 Å². The van der Waals surface area contributed by atoms with Gasteiger partial charge in [0.15, 0.2) is 6.10 Å². The van der Waals surface area contributed by atoms with Crippen molar-refractivity contribution in [3.63, 3.8) is 0 Å². The molecule has 5 nitrogen and oxygen atoms in total. The fourth-order valence-corrected chi connectivity index (χ4v) is 0.533. The lowest BCUT2D eigenvalue weighted by Crippen LogP contribution is -2.41. The first-order valence-corrected chi connectivity index (χ1v) is 3.19. The average molecular weight is 174 g/mol. The molecular weight excluding hydrogens is 164 g/mol. The van der Waals surface area contributed by atoms with Crippen molar-refractivity contribution in [2.75, 3.05) is 6.61 Å². The molecule has 0 heterocycles. The van der Waals surface area contributed by atoms with Crippen molar-refractivity contribution in [3.05, 3.63) is 0 Å². The fraction of sp³-hybridized carbons (Fsp3) is 0.571. The van der Waals surface area contributed by atoms with Crippen molar-refractivity contribution in [1.82, 2.24) is 0 Å². The Morgan fingerprint density at radius 2 is 1.92 bits per heavy atom. The molecule has 3 atom stereocenters. The van der Waals surface area contributed by atoms with Crippen LogP contribution in [0.3, 0.4) is 0 Å². The van der Waals surface area contributed by atoms with Crippen LogP contribution < -0.4 is 0 Å². The summed E-state index contributed by atoms with van der Waals surface area (Å²) in [4.78, 5) is 10.8. The molecule has 0 bridgehead atoms. The van der Waals surface area contributed by atoms with Crippen LogP contribution in [0.15, 0.2) is 0 Å². The molecule has 0 rings (SSSR count). The van der Waals surface area contributed by atoms with Crippen molar-refractivity contribution < 1.29 is 25.2 Å². The predicted molar refractivity (Wildman–Crippen MR) is 38.9 cm³/mol. The van der Waals surface area contributed by atoms with Crippen LogP contribution in [0.4, 0.5) is 0 Å². The highest BCUT2D eigenvalue weighted by Crippen LogP contribution is 1.97. The van der Waals surface area contributed by atoms with E-state index in [1.54, 1.807) is 5.92 Å². The van der Waals surface area contributed by atoms with E-state index in [1.165, 1.54) is 0 Å². The molecule has 5 heteroatoms. The zero-order valence-electron chi connectivity index (χ0n) is 6.21. The molecule has 0 aliphatic carbocycles. The molecule has 0 spiro atoms. The summed E-state index contributed by atoms with van der Waals surface area (Å²) in [7, 11) is 0. The van der Waals surface area contributed by atoms with Gasteiger partial charge in [0.25, 0.3) is 0 Å². The monoisotopic (exact) mass is 174 g/mol. The molecule has 68 valence electrons. The molecular formula is C7H10O5. The second kappa shape index (κ2) is 4.85. The van der Waals surface area contributed by atoms with E-state index in [0.29, 0.717) is 0 Å². The van der Waals surface area contributed by atoms with Crippen LogP contribution in [-0.2, 0) is 4.79 Å². The summed E-state index contributed by atoms with van der Waals surface area (Å²) in [5.74, 6) is 0.580. The molecule has 0 aromatic rings. The van der Waals surface area contributed by atoms with Gasteiger partial charge < -0.3 is 20.4 Å². The molecule has 12 heavy (non-hydrogen) atoms. The van der Waals surface area contributed by atoms with Crippen LogP contribution in [-0.4, -0.2) is 51.1 Å². The lowest BCUT2D eigenvalue weighted by atomic mass is 10.1. The number of terminal acetylenes is 1. The van der Waals surface area contributed by atoms with Crippen molar-refractivity contribution in [3.8, 4) is 12.3 Å². The van der Waals surface area contributed by atoms with E-state index >= 15 is 0 Å². The first kappa shape index (κ1) is 11.1. The van der Waals surface area contributed by atoms with E-state index in [4.69, 9.17) is 20.4 Å². The molecule has 0 saturated heterocycles. The van der Waals surface area contributed by atoms with Gasteiger partial charge in [-0.3, -0.25) is 4.79 Å². The molecule has 0 amide bonds. The second-order valence-corrected chi connectivity index (χ2v) is 2.17. The number of aliphatic hydroxyl groups is 4. The summed E-state index contributed by atoms with van der Waals surface area (Å²) < 4.78 is 0. The van der Waals surface area contributed by atoms with Gasteiger partial charge in [-0.25, -0.2) is 0 Å². The summed E-state index contributed by atoms with van der Waals surface area (Å²) in [6.45, 7) is -0.774. The van der Waals surface area contributed by atoms with Crippen LogP contribution in [0.1, 0.15) is 0 Å². The maximum atomic E-state index is 10.8. The maximum absolute atomic E-state index is 10.8. The Kier molecular flexibility index (Phi) is 4.47. The van der Waals surface area contributed by atoms with Gasteiger partial charge in [0.05, 0.1) is 6.61 Å². The van der Waals surface area contributed by atoms with Gasteiger partial charge in [-0.05, 0) is 0 Å². The highest BCUT2D eigenvalue weighted by atomic mass is 16.4. The van der Waals surface area contributed by atoms with Crippen LogP contribution in [0.2, 0.25) is 0 Å². The van der Waals surface area contributed by atoms with E-state index in [-0.39, 0.29) is 0 Å². The Hall–Kier alpha value is -0.930. The van der Waals surface area contributed by atoms with Crippen molar-refractivity contribution in [1.29, 1.82) is 0 Å². The summed E-state index contributed by atoms with van der Waals surface area (Å²) >= 11 is 0. The Balaban J connectivity index is 4.21. The van der Waals surface area contributed by atoms with Gasteiger partial charge in [-0.2, -0.15) is 0 Å². The SMILES string of the molecule is C#CC(O)C(=O)[C@@H](O)[C@H](O)CO. The minimum atomic E-state index is -1.85. The lowest BCUT2D eigenvalue weighted by molar-refractivity contribution is -0.140. The summed E-state index contributed by atoms with van der Waals surface area (Å²) in [5, 5.41) is 34.6. The topological polar surface area (TPSA) is 98.0 Å². The fourth-order valence-electron chi connectivity index (χ4n) is 0.533. The Labute approximate surface area is 69.3 Å². The molecule has 0 aliphatic rings. The Morgan fingerprint density at radius 3 is 2.25 bits per heavy atom. The second-order valence-electron chi connectivity index (χ2n) is 2.17. The van der Waals surface area contributed by atoms with Crippen LogP contribution >= 0.6 is 0 Å². The molecule has 4 N–H and O–H groups in total. The summed E-state index contributed by atoms with van der Waals surface area (Å²) in [5.41, 5.74) is 0. The number of aliphatic hydroxyl groups excluding tert-OH is 4. The highest BCUT2D eigenvalue weighted by Gasteiger charge is 2.27. The van der Waals surface area contributed by atoms with Gasteiger partial charge in [0.2, 0.25) is 5.78 Å². The van der Waals surface area contributed by atoms with E-state index in [9.17, 15) is 4.79 Å². The molecule has 0 aromatic heterocycles. The van der Waals surface area contributed by atoms with E-state index in [1.807, 2.05) is 0 Å². The number of carbonyl (C=O) groups excluding carboxylic acids is 1. The van der Waals surface area contributed by atoms with E-state index in [2.05, 4.69) is 6.42 Å². The Bertz CT molecular complexity index is 194. The van der Waals surface area contributed by atoms with Crippen LogP contribution in [0, 0.1) is 12.3 Å². The zero-order chi connectivity index (χ0) is 9.72. The van der Waals surface area contributed by atoms with Gasteiger partial charge in [0.1, 0.15) is 12.2 Å². The predicted octanol–water partition coefficient (Wildman–Crippen LogP) is -2.74. The first-order chi connectivity index (χ1) is 5.54. The quantitative estimate of drug-likeness (QED) is 0.347. The van der Waals surface area contributed by atoms with Crippen molar-refractivity contribution in [2.24, 2.45) is 0 Å². The third kappa shape index (κ3) is 2.60. The zero-order valence-corrected chi connectivity index (χ0v) is 6.21. The average Bonchev–Trinajstić information content (AvgIpc) is 2.12. The molecule has 0 saturated carbocycles. The lowest BCUT2D eigenvalue weighted by Gasteiger charge is -2.14. The summed E-state index contributed by atoms with van der Waals surface area (Å²) in [6.07, 6.45) is -0.530. The summed E-state index contributed by atoms with van der Waals surface area (Å²) in [6, 6.07) is 0. The van der Waals surface area contributed by atoms with Gasteiger partial charge in [-0.1, -0.05) is 5.92 Å². The molecule has 0 aliphatic heterocycles. The first-order valence-electron chi connectivity index (χ1n) is 3.19. The molecule has 0 aromatic carbocycles. The van der Waals surface area contributed by atoms with Gasteiger partial charge in [-0.15, -0.1) is 6.42 Å². The van der Waals surface area contributed by atoms with Crippen molar-refractivity contribution >= 4 is 5.78 Å². The smallest absolute Gasteiger partial charge is 0.204 e. The van der Waals surface area contributed by atoms with Crippen LogP contribution in [0.25, 0.3) is 0 Å². The van der Waals surface area contributed by atoms with E-state index in [0.717, 1.165) is 0 Å². The largest absolute Gasteiger partial charge is 0.394 e. The van der Waals surface area contributed by atoms with Crippen molar-refractivity contribution in [2.45, 2.75) is 18.3 Å². The number of hydrogen-bond donors (Lipinski definition) is 4. The maximum Gasteiger partial charge on any atom is 0.204 e. The van der Waals surface area contributed by atoms with Gasteiger partial charge in [0, 0.05) is 0 Å². The third-order valence-corrected chi connectivity index (χ3v) is 1.27. The molecule has 1 unspecified atom stereocenters. The molecule has 0 radical (unpaired) electrons.